The van der Waals surface area contributed by atoms with Crippen molar-refractivity contribution in [1.29, 1.82) is 0 Å². The van der Waals surface area contributed by atoms with E-state index in [2.05, 4.69) is 20.3 Å². The van der Waals surface area contributed by atoms with Crippen molar-refractivity contribution < 1.29 is 14.6 Å². The lowest BCUT2D eigenvalue weighted by Gasteiger charge is -2.17. The summed E-state index contributed by atoms with van der Waals surface area (Å²) < 4.78 is 12.5. The molecule has 0 fully saturated rings. The average molecular weight is 479 g/mol. The summed E-state index contributed by atoms with van der Waals surface area (Å²) in [5.41, 5.74) is 9.33. The van der Waals surface area contributed by atoms with Crippen molar-refractivity contribution in [3.05, 3.63) is 75.7 Å². The fourth-order valence-electron chi connectivity index (χ4n) is 3.93. The van der Waals surface area contributed by atoms with Crippen molar-refractivity contribution in [2.45, 2.75) is 32.5 Å². The number of fused-ring (bicyclic) bond motifs is 1. The van der Waals surface area contributed by atoms with Crippen LogP contribution in [0.4, 0.5) is 5.82 Å². The van der Waals surface area contributed by atoms with E-state index in [4.69, 9.17) is 15.2 Å². The summed E-state index contributed by atoms with van der Waals surface area (Å²) >= 11 is 0. The molecule has 35 heavy (non-hydrogen) atoms. The maximum Gasteiger partial charge on any atom is 0.328 e. The number of nitrogens with zero attached hydrogens (tertiary/aromatic N) is 3. The standard InChI is InChI=1S/C25H30N6O4/c1-3-35-24-29-22(26)21-23(30-24)31(25(33)28-21)14-18-10-9-17(12-20(18)34-2)13-27-19(15-32)11-16-7-5-4-6-8-16/h4-10,12,19,27,32H,3,11,13-15H2,1-2H3,(H,28,33)(H2,26,29,30)/t19-/m0/s1. The molecule has 10 nitrogen and oxygen atoms in total. The van der Waals surface area contributed by atoms with Crippen LogP contribution in [0.25, 0.3) is 11.2 Å². The van der Waals surface area contributed by atoms with Crippen molar-refractivity contribution >= 4 is 17.0 Å². The minimum absolute atomic E-state index is 0.0301. The summed E-state index contributed by atoms with van der Waals surface area (Å²) in [6.07, 6.45) is 0.727. The second-order valence-corrected chi connectivity index (χ2v) is 8.14. The van der Waals surface area contributed by atoms with Crippen LogP contribution < -0.4 is 26.2 Å². The van der Waals surface area contributed by atoms with E-state index >= 15 is 0 Å². The van der Waals surface area contributed by atoms with Crippen LogP contribution in [-0.4, -0.2) is 51.0 Å². The topological polar surface area (TPSA) is 140 Å². The van der Waals surface area contributed by atoms with Crippen LogP contribution in [0.1, 0.15) is 23.6 Å². The second-order valence-electron chi connectivity index (χ2n) is 8.14. The second kappa shape index (κ2) is 11.0. The summed E-state index contributed by atoms with van der Waals surface area (Å²) in [7, 11) is 1.59. The number of ether oxygens (including phenoxy) is 2. The minimum Gasteiger partial charge on any atom is -0.496 e. The lowest BCUT2D eigenvalue weighted by Crippen LogP contribution is -2.34. The number of rotatable bonds is 11. The van der Waals surface area contributed by atoms with Gasteiger partial charge in [0.05, 0.1) is 26.9 Å². The summed E-state index contributed by atoms with van der Waals surface area (Å²) in [6.45, 7) is 3.02. The lowest BCUT2D eigenvalue weighted by molar-refractivity contribution is 0.241. The SMILES string of the molecule is CCOc1nc(N)c2[nH]c(=O)n(Cc3ccc(CN[C@H](CO)Cc4ccccc4)cc3OC)c2n1. The van der Waals surface area contributed by atoms with Gasteiger partial charge < -0.3 is 30.6 Å². The van der Waals surface area contributed by atoms with Gasteiger partial charge in [-0.15, -0.1) is 0 Å². The number of anilines is 1. The predicted molar refractivity (Wildman–Crippen MR) is 134 cm³/mol. The Labute approximate surface area is 202 Å². The highest BCUT2D eigenvalue weighted by Crippen LogP contribution is 2.24. The summed E-state index contributed by atoms with van der Waals surface area (Å²) in [4.78, 5) is 23.8. The Morgan fingerprint density at radius 2 is 1.97 bits per heavy atom. The molecule has 0 unspecified atom stereocenters. The number of nitrogen functional groups attached to an aromatic ring is 1. The number of aromatic amines is 1. The van der Waals surface area contributed by atoms with Crippen LogP contribution in [0.2, 0.25) is 0 Å². The molecule has 0 saturated carbocycles. The number of imidazole rings is 1. The van der Waals surface area contributed by atoms with E-state index in [1.807, 2.05) is 55.5 Å². The van der Waals surface area contributed by atoms with E-state index < -0.39 is 0 Å². The molecule has 1 atom stereocenters. The van der Waals surface area contributed by atoms with Gasteiger partial charge in [-0.25, -0.2) is 4.79 Å². The van der Waals surface area contributed by atoms with Gasteiger partial charge in [0.15, 0.2) is 11.5 Å². The van der Waals surface area contributed by atoms with Gasteiger partial charge >= 0.3 is 11.7 Å². The fraction of sp³-hybridized carbons (Fsp3) is 0.320. The van der Waals surface area contributed by atoms with Gasteiger partial charge in [0.1, 0.15) is 11.3 Å². The monoisotopic (exact) mass is 478 g/mol. The van der Waals surface area contributed by atoms with E-state index in [9.17, 15) is 9.90 Å². The Morgan fingerprint density at radius 3 is 2.69 bits per heavy atom. The number of hydrogen-bond acceptors (Lipinski definition) is 8. The third kappa shape index (κ3) is 5.61. The van der Waals surface area contributed by atoms with Crippen molar-refractivity contribution in [1.82, 2.24) is 24.8 Å². The lowest BCUT2D eigenvalue weighted by atomic mass is 10.1. The molecule has 0 amide bonds. The third-order valence-electron chi connectivity index (χ3n) is 5.72. The summed E-state index contributed by atoms with van der Waals surface area (Å²) in [5.74, 6) is 0.790. The number of aromatic nitrogens is 4. The summed E-state index contributed by atoms with van der Waals surface area (Å²) in [6, 6.07) is 15.9. The van der Waals surface area contributed by atoms with E-state index in [0.717, 1.165) is 23.1 Å². The van der Waals surface area contributed by atoms with Gasteiger partial charge in [0.2, 0.25) is 0 Å². The normalized spacial score (nSPS) is 12.1. The van der Waals surface area contributed by atoms with E-state index in [1.54, 1.807) is 7.11 Å². The maximum absolute atomic E-state index is 12.7. The van der Waals surface area contributed by atoms with Crippen LogP contribution in [-0.2, 0) is 19.5 Å². The van der Waals surface area contributed by atoms with Gasteiger partial charge in [0.25, 0.3) is 0 Å². The smallest absolute Gasteiger partial charge is 0.328 e. The number of hydrogen-bond donors (Lipinski definition) is 4. The number of nitrogens with one attached hydrogen (secondary N) is 2. The number of nitrogens with two attached hydrogens (primary N) is 1. The first-order valence-corrected chi connectivity index (χ1v) is 11.4. The Bertz CT molecular complexity index is 1340. The van der Waals surface area contributed by atoms with Crippen LogP contribution >= 0.6 is 0 Å². The number of aliphatic hydroxyl groups excluding tert-OH is 1. The van der Waals surface area contributed by atoms with E-state index in [0.29, 0.717) is 30.1 Å². The molecule has 2 aromatic heterocycles. The van der Waals surface area contributed by atoms with Crippen LogP contribution in [0.5, 0.6) is 11.8 Å². The Kier molecular flexibility index (Phi) is 7.64. The summed E-state index contributed by atoms with van der Waals surface area (Å²) in [5, 5.41) is 13.2. The Morgan fingerprint density at radius 1 is 1.17 bits per heavy atom. The van der Waals surface area contributed by atoms with Gasteiger partial charge in [-0.2, -0.15) is 9.97 Å². The quantitative estimate of drug-likeness (QED) is 0.256. The van der Waals surface area contributed by atoms with Gasteiger partial charge in [0, 0.05) is 18.2 Å². The van der Waals surface area contributed by atoms with E-state index in [1.165, 1.54) is 4.57 Å². The maximum atomic E-state index is 12.7. The van der Waals surface area contributed by atoms with Crippen LogP contribution in [0.15, 0.2) is 53.3 Å². The van der Waals surface area contributed by atoms with Crippen molar-refractivity contribution in [3.8, 4) is 11.8 Å². The molecule has 184 valence electrons. The van der Waals surface area contributed by atoms with Gasteiger partial charge in [-0.1, -0.05) is 42.5 Å². The molecule has 5 N–H and O–H groups in total. The van der Waals surface area contributed by atoms with E-state index in [-0.39, 0.29) is 36.7 Å². The van der Waals surface area contributed by atoms with Crippen LogP contribution in [0.3, 0.4) is 0 Å². The molecule has 2 aromatic carbocycles. The zero-order valence-corrected chi connectivity index (χ0v) is 19.8. The van der Waals surface area contributed by atoms with Crippen molar-refractivity contribution in [2.24, 2.45) is 0 Å². The van der Waals surface area contributed by atoms with Crippen LogP contribution in [0, 0.1) is 0 Å². The molecule has 10 heteroatoms. The molecule has 0 bridgehead atoms. The molecule has 4 rings (SSSR count). The minimum atomic E-state index is -0.353. The predicted octanol–water partition coefficient (Wildman–Crippen LogP) is 1.85. The largest absolute Gasteiger partial charge is 0.496 e. The van der Waals surface area contributed by atoms with Gasteiger partial charge in [-0.05, 0) is 30.5 Å². The fourth-order valence-corrected chi connectivity index (χ4v) is 3.93. The molecular formula is C25H30N6O4. The molecular weight excluding hydrogens is 448 g/mol. The molecule has 0 spiro atoms. The first-order valence-electron chi connectivity index (χ1n) is 11.4. The number of methoxy groups -OCH3 is 1. The van der Waals surface area contributed by atoms with Gasteiger partial charge in [-0.3, -0.25) is 4.57 Å². The zero-order valence-electron chi connectivity index (χ0n) is 19.8. The third-order valence-corrected chi connectivity index (χ3v) is 5.72. The Hall–Kier alpha value is -3.89. The molecule has 0 aliphatic rings. The first kappa shape index (κ1) is 24.2. The zero-order chi connectivity index (χ0) is 24.8. The highest BCUT2D eigenvalue weighted by Gasteiger charge is 2.17. The molecule has 0 saturated heterocycles. The highest BCUT2D eigenvalue weighted by molar-refractivity contribution is 5.82. The first-order chi connectivity index (χ1) is 17.0. The average Bonchev–Trinajstić information content (AvgIpc) is 3.18. The molecule has 0 aliphatic heterocycles. The Balaban J connectivity index is 1.52. The number of H-pyrrole nitrogens is 1. The molecule has 0 radical (unpaired) electrons. The van der Waals surface area contributed by atoms with Crippen molar-refractivity contribution in [2.75, 3.05) is 26.1 Å². The van der Waals surface area contributed by atoms with Crippen molar-refractivity contribution in [3.63, 3.8) is 0 Å². The number of benzene rings is 2. The highest BCUT2D eigenvalue weighted by atomic mass is 16.5. The molecule has 2 heterocycles. The molecule has 4 aromatic rings. The number of aliphatic hydroxyl groups is 1. The molecule has 0 aliphatic carbocycles.